The molecule has 20 heavy (non-hydrogen) atoms. The van der Waals surface area contributed by atoms with Gasteiger partial charge in [0.2, 0.25) is 5.88 Å². The standard InChI is InChI=1S/C13H18F3N3O/c1-18-5-6-19(2)11(8-18)9-20-12-7-10(3-4-17-12)13(14,15)16/h3-4,7,11H,5-6,8-9H2,1-2H3. The van der Waals surface area contributed by atoms with E-state index in [0.717, 1.165) is 38.0 Å². The molecule has 0 aliphatic carbocycles. The van der Waals surface area contributed by atoms with Crippen LogP contribution < -0.4 is 4.74 Å². The Balaban J connectivity index is 1.97. The highest BCUT2D eigenvalue weighted by Gasteiger charge is 2.31. The van der Waals surface area contributed by atoms with Gasteiger partial charge in [0.1, 0.15) is 6.61 Å². The first-order valence-corrected chi connectivity index (χ1v) is 6.41. The molecule has 7 heteroatoms. The second-order valence-corrected chi connectivity index (χ2v) is 5.09. The molecule has 0 aromatic carbocycles. The predicted octanol–water partition coefficient (Wildman–Crippen LogP) is 1.72. The van der Waals surface area contributed by atoms with Crippen LogP contribution in [0.3, 0.4) is 0 Å². The fraction of sp³-hybridized carbons (Fsp3) is 0.615. The molecule has 1 aromatic heterocycles. The number of piperazine rings is 1. The first-order valence-electron chi connectivity index (χ1n) is 6.41. The topological polar surface area (TPSA) is 28.6 Å². The molecule has 1 saturated heterocycles. The van der Waals surface area contributed by atoms with Crippen molar-refractivity contribution in [3.63, 3.8) is 0 Å². The first kappa shape index (κ1) is 15.1. The van der Waals surface area contributed by atoms with E-state index >= 15 is 0 Å². The SMILES string of the molecule is CN1CCN(C)C(COc2cc(C(F)(F)F)ccn2)C1. The van der Waals surface area contributed by atoms with Gasteiger partial charge in [-0.2, -0.15) is 13.2 Å². The first-order chi connectivity index (χ1) is 9.36. The average molecular weight is 289 g/mol. The van der Waals surface area contributed by atoms with Crippen LogP contribution in [0.15, 0.2) is 18.3 Å². The number of pyridine rings is 1. The summed E-state index contributed by atoms with van der Waals surface area (Å²) in [4.78, 5) is 8.15. The Labute approximate surface area is 116 Å². The molecule has 0 N–H and O–H groups in total. The molecule has 0 saturated carbocycles. The molecule has 1 unspecified atom stereocenters. The van der Waals surface area contributed by atoms with Crippen molar-refractivity contribution in [3.8, 4) is 5.88 Å². The Bertz CT molecular complexity index is 453. The van der Waals surface area contributed by atoms with Gasteiger partial charge in [-0.3, -0.25) is 4.90 Å². The zero-order valence-corrected chi connectivity index (χ0v) is 11.5. The number of likely N-dealkylation sites (N-methyl/N-ethyl adjacent to an activating group) is 2. The molecule has 2 heterocycles. The van der Waals surface area contributed by atoms with E-state index in [1.165, 1.54) is 0 Å². The summed E-state index contributed by atoms with van der Waals surface area (Å²) in [5, 5.41) is 0. The number of ether oxygens (including phenoxy) is 1. The fourth-order valence-corrected chi connectivity index (χ4v) is 2.13. The Morgan fingerprint density at radius 2 is 2.10 bits per heavy atom. The number of aromatic nitrogens is 1. The van der Waals surface area contributed by atoms with Crippen LogP contribution in [0.5, 0.6) is 5.88 Å². The second kappa shape index (κ2) is 5.97. The van der Waals surface area contributed by atoms with Crippen molar-refractivity contribution >= 4 is 0 Å². The van der Waals surface area contributed by atoms with Gasteiger partial charge in [0, 0.05) is 31.9 Å². The Hall–Kier alpha value is -1.34. The molecule has 112 valence electrons. The molecule has 2 rings (SSSR count). The highest BCUT2D eigenvalue weighted by molar-refractivity contribution is 5.23. The lowest BCUT2D eigenvalue weighted by atomic mass is 10.2. The zero-order valence-electron chi connectivity index (χ0n) is 11.5. The minimum Gasteiger partial charge on any atom is -0.476 e. The molecule has 1 aromatic rings. The van der Waals surface area contributed by atoms with Crippen molar-refractivity contribution in [2.24, 2.45) is 0 Å². The fourth-order valence-electron chi connectivity index (χ4n) is 2.13. The summed E-state index contributed by atoms with van der Waals surface area (Å²) in [6.45, 7) is 3.06. The van der Waals surface area contributed by atoms with E-state index in [1.807, 2.05) is 14.1 Å². The van der Waals surface area contributed by atoms with Crippen molar-refractivity contribution in [2.45, 2.75) is 12.2 Å². The van der Waals surface area contributed by atoms with Crippen LogP contribution in [-0.4, -0.2) is 61.2 Å². The molecule has 4 nitrogen and oxygen atoms in total. The molecule has 0 spiro atoms. The third kappa shape index (κ3) is 3.83. The van der Waals surface area contributed by atoms with Crippen molar-refractivity contribution in [1.29, 1.82) is 0 Å². The Kier molecular flexibility index (Phi) is 4.49. The van der Waals surface area contributed by atoms with Crippen LogP contribution >= 0.6 is 0 Å². The Morgan fingerprint density at radius 1 is 1.35 bits per heavy atom. The van der Waals surface area contributed by atoms with E-state index in [4.69, 9.17) is 4.74 Å². The third-order valence-electron chi connectivity index (χ3n) is 3.47. The lowest BCUT2D eigenvalue weighted by Gasteiger charge is -2.37. The van der Waals surface area contributed by atoms with E-state index in [2.05, 4.69) is 14.8 Å². The van der Waals surface area contributed by atoms with Gasteiger partial charge < -0.3 is 9.64 Å². The lowest BCUT2D eigenvalue weighted by molar-refractivity contribution is -0.137. The van der Waals surface area contributed by atoms with Crippen molar-refractivity contribution < 1.29 is 17.9 Å². The van der Waals surface area contributed by atoms with Gasteiger partial charge in [-0.05, 0) is 20.2 Å². The van der Waals surface area contributed by atoms with Gasteiger partial charge >= 0.3 is 6.18 Å². The van der Waals surface area contributed by atoms with Crippen LogP contribution in [0, 0.1) is 0 Å². The van der Waals surface area contributed by atoms with E-state index in [-0.39, 0.29) is 11.9 Å². The average Bonchev–Trinajstić information content (AvgIpc) is 2.39. The highest BCUT2D eigenvalue weighted by atomic mass is 19.4. The molecule has 1 fully saturated rings. The summed E-state index contributed by atoms with van der Waals surface area (Å²) in [5.41, 5.74) is -0.739. The molecule has 1 aliphatic rings. The van der Waals surface area contributed by atoms with Gasteiger partial charge in [-0.15, -0.1) is 0 Å². The maximum absolute atomic E-state index is 12.6. The zero-order chi connectivity index (χ0) is 14.8. The maximum Gasteiger partial charge on any atom is 0.416 e. The summed E-state index contributed by atoms with van der Waals surface area (Å²) in [6, 6.07) is 2.03. The monoisotopic (exact) mass is 289 g/mol. The van der Waals surface area contributed by atoms with E-state index in [1.54, 1.807) is 0 Å². The van der Waals surface area contributed by atoms with E-state index in [9.17, 15) is 13.2 Å². The van der Waals surface area contributed by atoms with E-state index < -0.39 is 11.7 Å². The van der Waals surface area contributed by atoms with Crippen LogP contribution in [-0.2, 0) is 6.18 Å². The smallest absolute Gasteiger partial charge is 0.416 e. The number of hydrogen-bond donors (Lipinski definition) is 0. The van der Waals surface area contributed by atoms with Gasteiger partial charge in [-0.25, -0.2) is 4.98 Å². The van der Waals surface area contributed by atoms with Gasteiger partial charge in [0.25, 0.3) is 0 Å². The summed E-state index contributed by atoms with van der Waals surface area (Å²) in [6.07, 6.45) is -3.25. The number of hydrogen-bond acceptors (Lipinski definition) is 4. The third-order valence-corrected chi connectivity index (χ3v) is 3.47. The maximum atomic E-state index is 12.6. The number of rotatable bonds is 3. The number of alkyl halides is 3. The van der Waals surface area contributed by atoms with E-state index in [0.29, 0.717) is 6.61 Å². The minimum absolute atomic E-state index is 0.0152. The normalized spacial score (nSPS) is 21.9. The van der Waals surface area contributed by atoms with Gasteiger partial charge in [-0.1, -0.05) is 0 Å². The number of nitrogens with zero attached hydrogens (tertiary/aromatic N) is 3. The van der Waals surface area contributed by atoms with Crippen LogP contribution in [0.2, 0.25) is 0 Å². The summed E-state index contributed by atoms with van der Waals surface area (Å²) in [7, 11) is 4.00. The van der Waals surface area contributed by atoms with Gasteiger partial charge in [0.15, 0.2) is 0 Å². The lowest BCUT2D eigenvalue weighted by Crippen LogP contribution is -2.52. The van der Waals surface area contributed by atoms with Crippen molar-refractivity contribution in [1.82, 2.24) is 14.8 Å². The summed E-state index contributed by atoms with van der Waals surface area (Å²) < 4.78 is 43.2. The molecule has 0 amide bonds. The van der Waals surface area contributed by atoms with Crippen LogP contribution in [0.1, 0.15) is 5.56 Å². The molecular formula is C13H18F3N3O. The van der Waals surface area contributed by atoms with Gasteiger partial charge in [0.05, 0.1) is 11.6 Å². The second-order valence-electron chi connectivity index (χ2n) is 5.09. The molecule has 0 bridgehead atoms. The largest absolute Gasteiger partial charge is 0.476 e. The minimum atomic E-state index is -4.37. The highest BCUT2D eigenvalue weighted by Crippen LogP contribution is 2.30. The molecule has 1 aliphatic heterocycles. The summed E-state index contributed by atoms with van der Waals surface area (Å²) in [5.74, 6) is 0.0152. The number of halogens is 3. The van der Waals surface area contributed by atoms with Crippen LogP contribution in [0.4, 0.5) is 13.2 Å². The van der Waals surface area contributed by atoms with Crippen molar-refractivity contribution in [2.75, 3.05) is 40.3 Å². The van der Waals surface area contributed by atoms with Crippen molar-refractivity contribution in [3.05, 3.63) is 23.9 Å². The quantitative estimate of drug-likeness (QED) is 0.847. The summed E-state index contributed by atoms with van der Waals surface area (Å²) >= 11 is 0. The Morgan fingerprint density at radius 3 is 2.80 bits per heavy atom. The molecule has 1 atom stereocenters. The molecular weight excluding hydrogens is 271 g/mol. The predicted molar refractivity (Wildman–Crippen MR) is 68.6 cm³/mol. The van der Waals surface area contributed by atoms with Crippen LogP contribution in [0.25, 0.3) is 0 Å². The molecule has 0 radical (unpaired) electrons.